The van der Waals surface area contributed by atoms with Crippen LogP contribution in [0.5, 0.6) is 0 Å². The van der Waals surface area contributed by atoms with Gasteiger partial charge >= 0.3 is 0 Å². The molecule has 2 aliphatic carbocycles. The minimum atomic E-state index is 0.00181. The highest BCUT2D eigenvalue weighted by Crippen LogP contribution is 2.44. The van der Waals surface area contributed by atoms with Crippen LogP contribution in [-0.4, -0.2) is 43.4 Å². The fourth-order valence-electron chi connectivity index (χ4n) is 4.64. The van der Waals surface area contributed by atoms with Crippen molar-refractivity contribution in [3.8, 4) is 0 Å². The van der Waals surface area contributed by atoms with Gasteiger partial charge in [0.15, 0.2) is 0 Å². The maximum Gasteiger partial charge on any atom is 0.252 e. The molecule has 3 fully saturated rings. The number of ether oxygens (including phenoxy) is 2. The van der Waals surface area contributed by atoms with Crippen molar-refractivity contribution >= 4 is 16.8 Å². The molecule has 0 spiro atoms. The number of pyridine rings is 1. The molecule has 0 radical (unpaired) electrons. The highest BCUT2D eigenvalue weighted by molar-refractivity contribution is 6.06. The van der Waals surface area contributed by atoms with Crippen molar-refractivity contribution in [1.29, 1.82) is 0 Å². The molecule has 2 heterocycles. The minimum Gasteiger partial charge on any atom is -0.384 e. The fourth-order valence-corrected chi connectivity index (χ4v) is 4.64. The average molecular weight is 352 g/mol. The van der Waals surface area contributed by atoms with E-state index in [4.69, 9.17) is 14.5 Å². The zero-order valence-corrected chi connectivity index (χ0v) is 15.0. The summed E-state index contributed by atoms with van der Waals surface area (Å²) in [4.78, 5) is 17.9. The second-order valence-corrected chi connectivity index (χ2v) is 7.79. The van der Waals surface area contributed by atoms with E-state index in [-0.39, 0.29) is 24.0 Å². The van der Waals surface area contributed by atoms with Gasteiger partial charge in [-0.25, -0.2) is 0 Å². The molecule has 0 bridgehead atoms. The number of rotatable bonds is 5. The van der Waals surface area contributed by atoms with Gasteiger partial charge in [-0.2, -0.15) is 0 Å². The molecule has 0 unspecified atom stereocenters. The molecule has 5 nitrogen and oxygen atoms in total. The van der Waals surface area contributed by atoms with Gasteiger partial charge in [0.1, 0.15) is 0 Å². The van der Waals surface area contributed by atoms with Gasteiger partial charge in [-0.15, -0.1) is 0 Å². The van der Waals surface area contributed by atoms with E-state index in [1.54, 1.807) is 7.11 Å². The monoisotopic (exact) mass is 352 g/mol. The van der Waals surface area contributed by atoms with Crippen LogP contribution in [0.2, 0.25) is 0 Å². The van der Waals surface area contributed by atoms with Crippen molar-refractivity contribution in [2.45, 2.75) is 37.3 Å². The Hall–Kier alpha value is -1.98. The lowest BCUT2D eigenvalue weighted by Crippen LogP contribution is -2.62. The quantitative estimate of drug-likeness (QED) is 0.899. The zero-order chi connectivity index (χ0) is 17.7. The number of carbonyl (C=O) groups excluding carboxylic acids is 1. The van der Waals surface area contributed by atoms with E-state index >= 15 is 0 Å². The van der Waals surface area contributed by atoms with Gasteiger partial charge in [0, 0.05) is 48.6 Å². The van der Waals surface area contributed by atoms with E-state index in [0.717, 1.165) is 35.2 Å². The lowest BCUT2D eigenvalue weighted by atomic mass is 9.67. The van der Waals surface area contributed by atoms with Crippen molar-refractivity contribution in [3.63, 3.8) is 0 Å². The first-order valence-corrected chi connectivity index (χ1v) is 9.57. The molecular weight excluding hydrogens is 328 g/mol. The van der Waals surface area contributed by atoms with Gasteiger partial charge in [-0.3, -0.25) is 9.78 Å². The van der Waals surface area contributed by atoms with Crippen molar-refractivity contribution in [2.24, 2.45) is 11.8 Å². The molecule has 136 valence electrons. The lowest BCUT2D eigenvalue weighted by molar-refractivity contribution is -0.0809. The number of methoxy groups -OCH3 is 1. The van der Waals surface area contributed by atoms with Gasteiger partial charge in [0.05, 0.1) is 23.8 Å². The molecule has 4 atom stereocenters. The maximum absolute atomic E-state index is 13.2. The third-order valence-electron chi connectivity index (χ3n) is 6.16. The molecule has 3 aliphatic rings. The number of nitrogens with one attached hydrogen (secondary N) is 1. The van der Waals surface area contributed by atoms with E-state index in [1.807, 2.05) is 30.3 Å². The van der Waals surface area contributed by atoms with Gasteiger partial charge in [-0.05, 0) is 31.4 Å². The summed E-state index contributed by atoms with van der Waals surface area (Å²) in [5.74, 6) is 1.17. The van der Waals surface area contributed by atoms with Crippen LogP contribution in [0.3, 0.4) is 0 Å². The maximum atomic E-state index is 13.2. The summed E-state index contributed by atoms with van der Waals surface area (Å²) in [5.41, 5.74) is 2.71. The SMILES string of the molecule is COC[C@H]1[C@@H](NC(=O)c2cc(C3CC3)nc3ccccc23)[C@H]2CCO[C@H]21. The first-order chi connectivity index (χ1) is 12.8. The molecule has 1 N–H and O–H groups in total. The Bertz CT molecular complexity index is 848. The Kier molecular flexibility index (Phi) is 3.94. The first-order valence-electron chi connectivity index (χ1n) is 9.57. The van der Waals surface area contributed by atoms with Crippen LogP contribution >= 0.6 is 0 Å². The summed E-state index contributed by atoms with van der Waals surface area (Å²) in [5, 5.41) is 4.22. The van der Waals surface area contributed by atoms with Crippen LogP contribution in [-0.2, 0) is 9.47 Å². The first kappa shape index (κ1) is 16.2. The van der Waals surface area contributed by atoms with E-state index in [1.165, 1.54) is 12.8 Å². The number of aromatic nitrogens is 1. The number of hydrogen-bond donors (Lipinski definition) is 1. The van der Waals surface area contributed by atoms with E-state index < -0.39 is 0 Å². The number of nitrogens with zero attached hydrogens (tertiary/aromatic N) is 1. The fraction of sp³-hybridized carbons (Fsp3) is 0.524. The topological polar surface area (TPSA) is 60.5 Å². The molecule has 1 aliphatic heterocycles. The third kappa shape index (κ3) is 2.61. The number of carbonyl (C=O) groups is 1. The molecule has 1 aromatic carbocycles. The minimum absolute atomic E-state index is 0.00181. The smallest absolute Gasteiger partial charge is 0.252 e. The van der Waals surface area contributed by atoms with E-state index in [0.29, 0.717) is 18.4 Å². The summed E-state index contributed by atoms with van der Waals surface area (Å²) in [6.45, 7) is 1.41. The highest BCUT2D eigenvalue weighted by Gasteiger charge is 2.54. The second kappa shape index (κ2) is 6.32. The molecule has 5 heteroatoms. The van der Waals surface area contributed by atoms with Crippen LogP contribution in [0.1, 0.15) is 41.2 Å². The Labute approximate surface area is 153 Å². The standard InChI is InChI=1S/C21H24N2O3/c1-25-11-16-19(14-8-9-26-20(14)16)23-21(24)15-10-18(12-6-7-12)22-17-5-3-2-4-13(15)17/h2-5,10,12,14,16,19-20H,6-9,11H2,1H3,(H,23,24)/t14-,16+,19+,20-/m1/s1. The molecule has 26 heavy (non-hydrogen) atoms. The predicted octanol–water partition coefficient (Wildman–Crippen LogP) is 2.89. The molecular formula is C21H24N2O3. The molecule has 2 aromatic rings. The van der Waals surface area contributed by atoms with Gasteiger partial charge in [0.2, 0.25) is 0 Å². The van der Waals surface area contributed by atoms with Crippen LogP contribution < -0.4 is 5.32 Å². The number of para-hydroxylation sites is 1. The Balaban J connectivity index is 1.45. The molecule has 5 rings (SSSR count). The lowest BCUT2D eigenvalue weighted by Gasteiger charge is -2.47. The van der Waals surface area contributed by atoms with Gasteiger partial charge < -0.3 is 14.8 Å². The van der Waals surface area contributed by atoms with Crippen LogP contribution in [0.4, 0.5) is 0 Å². The highest BCUT2D eigenvalue weighted by atomic mass is 16.5. The predicted molar refractivity (Wildman–Crippen MR) is 98.2 cm³/mol. The number of hydrogen-bond acceptors (Lipinski definition) is 4. The Morgan fingerprint density at radius 3 is 2.96 bits per heavy atom. The van der Waals surface area contributed by atoms with E-state index in [9.17, 15) is 4.79 Å². The summed E-state index contributed by atoms with van der Waals surface area (Å²) in [6, 6.07) is 10.1. The Morgan fingerprint density at radius 1 is 1.31 bits per heavy atom. The van der Waals surface area contributed by atoms with Crippen LogP contribution in [0, 0.1) is 11.8 Å². The Morgan fingerprint density at radius 2 is 2.15 bits per heavy atom. The normalized spacial score (nSPS) is 30.0. The summed E-state index contributed by atoms with van der Waals surface area (Å²) < 4.78 is 11.2. The molecule has 1 amide bonds. The molecule has 1 saturated heterocycles. The van der Waals surface area contributed by atoms with Gasteiger partial charge in [0.25, 0.3) is 5.91 Å². The van der Waals surface area contributed by atoms with Crippen LogP contribution in [0.15, 0.2) is 30.3 Å². The largest absolute Gasteiger partial charge is 0.384 e. The van der Waals surface area contributed by atoms with Crippen molar-refractivity contribution in [3.05, 3.63) is 41.6 Å². The van der Waals surface area contributed by atoms with Crippen LogP contribution in [0.25, 0.3) is 10.9 Å². The van der Waals surface area contributed by atoms with Crippen molar-refractivity contribution < 1.29 is 14.3 Å². The summed E-state index contributed by atoms with van der Waals surface area (Å²) in [6.07, 6.45) is 3.59. The number of fused-ring (bicyclic) bond motifs is 2. The second-order valence-electron chi connectivity index (χ2n) is 7.79. The van der Waals surface area contributed by atoms with Gasteiger partial charge in [-0.1, -0.05) is 18.2 Å². The molecule has 2 saturated carbocycles. The average Bonchev–Trinajstić information content (AvgIpc) is 3.43. The zero-order valence-electron chi connectivity index (χ0n) is 15.0. The van der Waals surface area contributed by atoms with Crippen molar-refractivity contribution in [1.82, 2.24) is 10.3 Å². The summed E-state index contributed by atoms with van der Waals surface area (Å²) >= 11 is 0. The van der Waals surface area contributed by atoms with Crippen molar-refractivity contribution in [2.75, 3.05) is 20.3 Å². The van der Waals surface area contributed by atoms with E-state index in [2.05, 4.69) is 5.32 Å². The number of amides is 1. The molecule has 1 aromatic heterocycles. The number of benzene rings is 1. The summed E-state index contributed by atoms with van der Waals surface area (Å²) in [7, 11) is 1.71. The third-order valence-corrected chi connectivity index (χ3v) is 6.16.